The Balaban J connectivity index is 1.68. The number of methoxy groups -OCH3 is 2. The summed E-state index contributed by atoms with van der Waals surface area (Å²) >= 11 is 0. The highest BCUT2D eigenvalue weighted by molar-refractivity contribution is 6.04. The van der Waals surface area contributed by atoms with Crippen LogP contribution < -0.4 is 14.8 Å². The molecule has 4 aromatic rings. The van der Waals surface area contributed by atoms with Crippen molar-refractivity contribution in [3.8, 4) is 17.4 Å². The third kappa shape index (κ3) is 3.27. The lowest BCUT2D eigenvalue weighted by molar-refractivity contribution is 0.102. The van der Waals surface area contributed by atoms with Gasteiger partial charge < -0.3 is 19.8 Å². The molecule has 2 N–H and O–H groups in total. The second kappa shape index (κ2) is 7.07. The van der Waals surface area contributed by atoms with Crippen molar-refractivity contribution in [1.29, 1.82) is 0 Å². The van der Waals surface area contributed by atoms with Crippen molar-refractivity contribution in [3.05, 3.63) is 59.8 Å². The third-order valence-corrected chi connectivity index (χ3v) is 4.26. The van der Waals surface area contributed by atoms with Crippen LogP contribution in [0.2, 0.25) is 0 Å². The van der Waals surface area contributed by atoms with E-state index in [1.807, 2.05) is 31.2 Å². The molecule has 0 saturated heterocycles. The molecule has 2 aromatic carbocycles. The van der Waals surface area contributed by atoms with E-state index in [9.17, 15) is 4.79 Å². The highest BCUT2D eigenvalue weighted by Crippen LogP contribution is 2.24. The molecule has 2 aromatic heterocycles. The molecular formula is C20H19N5O3. The number of aromatic amines is 1. The molecule has 8 heteroatoms. The summed E-state index contributed by atoms with van der Waals surface area (Å²) in [5.74, 6) is 1.78. The molecule has 0 spiro atoms. The van der Waals surface area contributed by atoms with E-state index in [2.05, 4.69) is 20.4 Å². The maximum absolute atomic E-state index is 12.8. The maximum Gasteiger partial charge on any atom is 0.257 e. The molecule has 0 saturated carbocycles. The smallest absolute Gasteiger partial charge is 0.257 e. The molecule has 0 fully saturated rings. The minimum absolute atomic E-state index is 0.311. The minimum atomic E-state index is -0.311. The number of aromatic nitrogens is 4. The van der Waals surface area contributed by atoms with E-state index in [0.717, 1.165) is 16.7 Å². The highest BCUT2D eigenvalue weighted by Gasteiger charge is 2.16. The largest absolute Gasteiger partial charge is 0.497 e. The van der Waals surface area contributed by atoms with E-state index in [0.29, 0.717) is 28.8 Å². The molecule has 0 bridgehead atoms. The van der Waals surface area contributed by atoms with Gasteiger partial charge in [-0.05, 0) is 31.2 Å². The zero-order valence-electron chi connectivity index (χ0n) is 15.7. The number of carbonyl (C=O) groups excluding carboxylic acids is 1. The van der Waals surface area contributed by atoms with Crippen LogP contribution in [-0.4, -0.2) is 39.9 Å². The number of ether oxygens (including phenoxy) is 2. The van der Waals surface area contributed by atoms with Crippen molar-refractivity contribution in [2.24, 2.45) is 0 Å². The number of para-hydroxylation sites is 2. The zero-order valence-corrected chi connectivity index (χ0v) is 15.7. The average molecular weight is 377 g/mol. The first-order valence-electron chi connectivity index (χ1n) is 8.63. The van der Waals surface area contributed by atoms with Crippen LogP contribution >= 0.6 is 0 Å². The Bertz CT molecular complexity index is 1110. The Labute approximate surface area is 161 Å². The number of fused-ring (bicyclic) bond motifs is 1. The molecule has 1 amide bonds. The number of hydrogen-bond donors (Lipinski definition) is 2. The van der Waals surface area contributed by atoms with Gasteiger partial charge >= 0.3 is 0 Å². The molecule has 0 aliphatic heterocycles. The van der Waals surface area contributed by atoms with Gasteiger partial charge in [-0.3, -0.25) is 4.79 Å². The van der Waals surface area contributed by atoms with Crippen LogP contribution in [0.3, 0.4) is 0 Å². The predicted molar refractivity (Wildman–Crippen MR) is 105 cm³/mol. The molecule has 0 atom stereocenters. The molecule has 2 heterocycles. The fourth-order valence-electron chi connectivity index (χ4n) is 2.92. The quantitative estimate of drug-likeness (QED) is 0.556. The van der Waals surface area contributed by atoms with Crippen LogP contribution in [0.1, 0.15) is 16.1 Å². The van der Waals surface area contributed by atoms with Crippen molar-refractivity contribution in [3.63, 3.8) is 0 Å². The molecular weight excluding hydrogens is 358 g/mol. The number of H-pyrrole nitrogens is 1. The van der Waals surface area contributed by atoms with Crippen LogP contribution in [0.4, 0.5) is 5.82 Å². The summed E-state index contributed by atoms with van der Waals surface area (Å²) in [5.41, 5.74) is 2.87. The predicted octanol–water partition coefficient (Wildman–Crippen LogP) is 3.33. The monoisotopic (exact) mass is 377 g/mol. The Kier molecular flexibility index (Phi) is 4.44. The lowest BCUT2D eigenvalue weighted by Gasteiger charge is -2.10. The number of anilines is 1. The molecule has 142 valence electrons. The van der Waals surface area contributed by atoms with E-state index >= 15 is 0 Å². The summed E-state index contributed by atoms with van der Waals surface area (Å²) in [7, 11) is 3.08. The fourth-order valence-corrected chi connectivity index (χ4v) is 2.92. The number of rotatable bonds is 5. The van der Waals surface area contributed by atoms with E-state index in [1.54, 1.807) is 28.9 Å². The second-order valence-corrected chi connectivity index (χ2v) is 6.22. The van der Waals surface area contributed by atoms with Gasteiger partial charge in [0.05, 0.1) is 30.9 Å². The zero-order chi connectivity index (χ0) is 19.7. The van der Waals surface area contributed by atoms with Crippen molar-refractivity contribution >= 4 is 22.8 Å². The summed E-state index contributed by atoms with van der Waals surface area (Å²) in [5, 5.41) is 7.33. The number of nitrogens with zero attached hydrogens (tertiary/aromatic N) is 3. The van der Waals surface area contributed by atoms with Gasteiger partial charge in [0.1, 0.15) is 17.3 Å². The first-order chi connectivity index (χ1) is 13.6. The van der Waals surface area contributed by atoms with Crippen LogP contribution in [0.15, 0.2) is 48.5 Å². The SMILES string of the molecule is COc1cc(OC)cc(C(=O)Nc2cc(C)nn2-c2nc3ccccc3[nH]2)c1. The molecule has 4 rings (SSSR count). The number of aryl methyl sites for hydroxylation is 1. The Morgan fingerprint density at radius 3 is 2.46 bits per heavy atom. The lowest BCUT2D eigenvalue weighted by Crippen LogP contribution is -2.16. The van der Waals surface area contributed by atoms with Gasteiger partial charge in [0, 0.05) is 17.7 Å². The third-order valence-electron chi connectivity index (χ3n) is 4.26. The summed E-state index contributed by atoms with van der Waals surface area (Å²) in [6.07, 6.45) is 0. The van der Waals surface area contributed by atoms with Crippen LogP contribution in [0, 0.1) is 6.92 Å². The number of amides is 1. The van der Waals surface area contributed by atoms with Crippen molar-refractivity contribution in [2.45, 2.75) is 6.92 Å². The summed E-state index contributed by atoms with van der Waals surface area (Å²) in [6.45, 7) is 1.85. The van der Waals surface area contributed by atoms with E-state index in [1.165, 1.54) is 14.2 Å². The minimum Gasteiger partial charge on any atom is -0.497 e. The number of nitrogens with one attached hydrogen (secondary N) is 2. The molecule has 28 heavy (non-hydrogen) atoms. The summed E-state index contributed by atoms with van der Waals surface area (Å²) in [6, 6.07) is 14.5. The fraction of sp³-hybridized carbons (Fsp3) is 0.150. The molecule has 0 aliphatic carbocycles. The number of imidazole rings is 1. The standard InChI is InChI=1S/C20H19N5O3/c1-12-8-18(23-19(26)13-9-14(27-2)11-15(10-13)28-3)25(24-12)20-21-16-6-4-5-7-17(16)22-20/h4-11H,1-3H3,(H,21,22)(H,23,26). The van der Waals surface area contributed by atoms with Crippen LogP contribution in [0.5, 0.6) is 11.5 Å². The van der Waals surface area contributed by atoms with E-state index in [4.69, 9.17) is 9.47 Å². The van der Waals surface area contributed by atoms with Crippen molar-refractivity contribution in [1.82, 2.24) is 19.7 Å². The second-order valence-electron chi connectivity index (χ2n) is 6.22. The van der Waals surface area contributed by atoms with Gasteiger partial charge in [-0.1, -0.05) is 12.1 Å². The van der Waals surface area contributed by atoms with E-state index < -0.39 is 0 Å². The normalized spacial score (nSPS) is 10.8. The van der Waals surface area contributed by atoms with Gasteiger partial charge in [-0.15, -0.1) is 0 Å². The molecule has 0 unspecified atom stereocenters. The van der Waals surface area contributed by atoms with Crippen molar-refractivity contribution < 1.29 is 14.3 Å². The van der Waals surface area contributed by atoms with Crippen LogP contribution in [-0.2, 0) is 0 Å². The van der Waals surface area contributed by atoms with Gasteiger partial charge in [0.15, 0.2) is 0 Å². The number of carbonyl (C=O) groups is 1. The van der Waals surface area contributed by atoms with Crippen LogP contribution in [0.25, 0.3) is 17.0 Å². The maximum atomic E-state index is 12.8. The molecule has 0 radical (unpaired) electrons. The Hall–Kier alpha value is -3.81. The Morgan fingerprint density at radius 1 is 1.07 bits per heavy atom. The highest BCUT2D eigenvalue weighted by atomic mass is 16.5. The first kappa shape index (κ1) is 17.6. The van der Waals surface area contributed by atoms with Gasteiger partial charge in [-0.25, -0.2) is 4.98 Å². The first-order valence-corrected chi connectivity index (χ1v) is 8.63. The van der Waals surface area contributed by atoms with Gasteiger partial charge in [-0.2, -0.15) is 9.78 Å². The topological polar surface area (TPSA) is 94.1 Å². The number of benzene rings is 2. The van der Waals surface area contributed by atoms with Crippen molar-refractivity contribution in [2.75, 3.05) is 19.5 Å². The summed E-state index contributed by atoms with van der Waals surface area (Å²) in [4.78, 5) is 20.6. The average Bonchev–Trinajstić information content (AvgIpc) is 3.30. The Morgan fingerprint density at radius 2 is 1.79 bits per heavy atom. The number of hydrogen-bond acceptors (Lipinski definition) is 5. The summed E-state index contributed by atoms with van der Waals surface area (Å²) < 4.78 is 12.0. The lowest BCUT2D eigenvalue weighted by atomic mass is 10.2. The molecule has 8 nitrogen and oxygen atoms in total. The van der Waals surface area contributed by atoms with E-state index in [-0.39, 0.29) is 5.91 Å². The van der Waals surface area contributed by atoms with Gasteiger partial charge in [0.2, 0.25) is 5.95 Å². The molecule has 0 aliphatic rings. The van der Waals surface area contributed by atoms with Gasteiger partial charge in [0.25, 0.3) is 5.91 Å².